The van der Waals surface area contributed by atoms with E-state index in [9.17, 15) is 44.7 Å². The molecule has 77 heavy (non-hydrogen) atoms. The van der Waals surface area contributed by atoms with Crippen molar-refractivity contribution in [2.45, 2.75) is 218 Å². The number of fused-ring (bicyclic) bond motifs is 1. The number of unbranched alkanes of at least 4 members (excludes halogenated alkanes) is 1. The third kappa shape index (κ3) is 15.2. The molecule has 20 nitrogen and oxygen atoms in total. The average Bonchev–Trinajstić information content (AvgIpc) is 3.36. The topological polar surface area (TPSA) is 255 Å². The fourth-order valence-electron chi connectivity index (χ4n) is 11.6. The minimum Gasteiger partial charge on any atom is -0.477 e. The molecule has 0 radical (unpaired) electrons. The van der Waals surface area contributed by atoms with Crippen molar-refractivity contribution in [3.8, 4) is 12.0 Å². The summed E-state index contributed by atoms with van der Waals surface area (Å²) in [6, 6.07) is 4.06. The lowest BCUT2D eigenvalue weighted by Gasteiger charge is -2.49. The van der Waals surface area contributed by atoms with Gasteiger partial charge in [-0.1, -0.05) is 20.8 Å². The van der Waals surface area contributed by atoms with Crippen LogP contribution in [0.15, 0.2) is 29.2 Å². The van der Waals surface area contributed by atoms with Gasteiger partial charge in [0.25, 0.3) is 0 Å². The van der Waals surface area contributed by atoms with Gasteiger partial charge in [-0.25, -0.2) is 4.79 Å². The van der Waals surface area contributed by atoms with E-state index in [4.69, 9.17) is 37.9 Å². The van der Waals surface area contributed by atoms with Gasteiger partial charge in [-0.05, 0) is 139 Å². The van der Waals surface area contributed by atoms with Crippen LogP contribution in [-0.2, 0) is 54.0 Å². The van der Waals surface area contributed by atoms with Crippen LogP contribution >= 0.6 is 0 Å². The molecule has 3 saturated heterocycles. The van der Waals surface area contributed by atoms with Crippen LogP contribution in [0.3, 0.4) is 0 Å². The zero-order valence-electron chi connectivity index (χ0n) is 48.0. The lowest BCUT2D eigenvalue weighted by atomic mass is 9.77. The van der Waals surface area contributed by atoms with Crippen LogP contribution in [0.4, 0.5) is 0 Å². The number of carbonyl (C=O) groups is 3. The Morgan fingerprint density at radius 1 is 0.948 bits per heavy atom. The number of aromatic carboxylic acids is 1. The van der Waals surface area contributed by atoms with Crippen LogP contribution in [0.2, 0.25) is 0 Å². The number of rotatable bonds is 15. The molecule has 2 aromatic rings. The second-order valence-electron chi connectivity index (χ2n) is 22.9. The Labute approximate surface area is 454 Å². The number of carboxylic acids is 1. The molecule has 1 aromatic carbocycles. The van der Waals surface area contributed by atoms with E-state index in [0.717, 1.165) is 0 Å². The van der Waals surface area contributed by atoms with Crippen LogP contribution in [0.25, 0.3) is 10.9 Å². The number of hydrogen-bond acceptors (Lipinski definition) is 18. The van der Waals surface area contributed by atoms with E-state index >= 15 is 0 Å². The van der Waals surface area contributed by atoms with Crippen LogP contribution in [0.5, 0.6) is 0 Å². The van der Waals surface area contributed by atoms with E-state index in [1.54, 1.807) is 71.2 Å². The number of methoxy groups -OCH3 is 1. The molecule has 3 aliphatic heterocycles. The summed E-state index contributed by atoms with van der Waals surface area (Å²) in [4.78, 5) is 56.4. The second-order valence-corrected chi connectivity index (χ2v) is 22.9. The van der Waals surface area contributed by atoms with Crippen molar-refractivity contribution in [3.63, 3.8) is 0 Å². The van der Waals surface area contributed by atoms with Crippen LogP contribution in [0, 0.1) is 29.8 Å². The highest BCUT2D eigenvalue weighted by atomic mass is 16.7. The molecular weight excluding hydrogens is 999 g/mol. The summed E-state index contributed by atoms with van der Waals surface area (Å²) in [5, 5.41) is 57.9. The molecule has 434 valence electrons. The number of aliphatic hydroxyl groups excluding tert-OH is 2. The number of cyclic esters (lactones) is 1. The molecule has 3 aliphatic rings. The monoisotopic (exact) mass is 1090 g/mol. The molecular formula is C57H89N3O17. The zero-order chi connectivity index (χ0) is 57.5. The molecule has 4 heterocycles. The number of ether oxygens (including phenoxy) is 8. The SMILES string of the molecule is CC[C@H]1OC(=O)[C@H](C)[C@@H](O[C@H]2C[C@@](C)(OC)[C@@H](OC(=O)CCCCOC#Cc3ccc4c(c3)c(=O)c(C(=O)O)cn4CC)[C@H](C)O2)[C@H](C)[C@@H](O[C@@H]2O[C@H](C)C[C@H](N(C)C)[C@H]2O)[C@](C)(O)C[C@@H](C)CN(C)[C@H](C)[C@@H](O)[C@]1(C)O. The van der Waals surface area contributed by atoms with E-state index in [1.165, 1.54) is 20.2 Å². The lowest BCUT2D eigenvalue weighted by Crippen LogP contribution is -2.61. The number of carbonyl (C=O) groups excluding carboxylic acids is 2. The Kier molecular flexibility index (Phi) is 22.1. The summed E-state index contributed by atoms with van der Waals surface area (Å²) >= 11 is 0. The number of hydrogen-bond donors (Lipinski definition) is 5. The number of likely N-dealkylation sites (N-methyl/N-ethyl adjacent to an activating group) is 2. The van der Waals surface area contributed by atoms with Crippen molar-refractivity contribution in [3.05, 3.63) is 45.7 Å². The molecule has 0 amide bonds. The van der Waals surface area contributed by atoms with Gasteiger partial charge in [-0.2, -0.15) is 0 Å². The molecule has 5 rings (SSSR count). The number of nitrogens with zero attached hydrogens (tertiary/aromatic N) is 3. The normalized spacial score (nSPS) is 37.0. The number of aliphatic hydroxyl groups is 4. The standard InChI is InChI=1S/C57H89N3O17/c1-16-43-57(11,69)49(64)36(7)59(14)30-32(3)28-55(9,68)50(77-54-47(63)42(58(12)13)26-33(4)72-54)34(5)48(35(6)53(67)74-43)76-45-29-56(10,70-15)51(37(8)73-45)75-44(61)20-18-19-24-71-25-23-38-21-22-41-39(27-38)46(62)40(52(65)66)31-60(41)17-2/h21-22,27,31-37,42-43,45,47-51,54,63-64,68-69H,16-20,24,26,28-30H2,1-15H3,(H,65,66)/t32-,33-,34+,35-,36-,37+,42+,43-,45+,47-,48+,49-,50-,51+,54+,55-,56-,57-/m1/s1. The summed E-state index contributed by atoms with van der Waals surface area (Å²) in [5.41, 5.74) is -4.52. The van der Waals surface area contributed by atoms with Gasteiger partial charge in [0.1, 0.15) is 47.8 Å². The molecule has 0 unspecified atom stereocenters. The quantitative estimate of drug-likeness (QED) is 0.0922. The summed E-state index contributed by atoms with van der Waals surface area (Å²) in [6.45, 7) is 20.4. The van der Waals surface area contributed by atoms with Crippen LogP contribution < -0.4 is 5.43 Å². The van der Waals surface area contributed by atoms with Crippen molar-refractivity contribution in [1.82, 2.24) is 14.4 Å². The largest absolute Gasteiger partial charge is 0.477 e. The van der Waals surface area contributed by atoms with Crippen LogP contribution in [-0.4, -0.2) is 190 Å². The summed E-state index contributed by atoms with van der Waals surface area (Å²) in [5.74, 6) is -1.84. The number of carboxylic acid groups (broad SMARTS) is 1. The van der Waals surface area contributed by atoms with Gasteiger partial charge in [0.15, 0.2) is 18.7 Å². The smallest absolute Gasteiger partial charge is 0.341 e. The van der Waals surface area contributed by atoms with Gasteiger partial charge in [0.05, 0.1) is 41.5 Å². The predicted octanol–water partition coefficient (Wildman–Crippen LogP) is 4.68. The fourth-order valence-corrected chi connectivity index (χ4v) is 11.6. The highest BCUT2D eigenvalue weighted by Crippen LogP contribution is 2.41. The Morgan fingerprint density at radius 2 is 1.64 bits per heavy atom. The molecule has 1 aromatic heterocycles. The first-order chi connectivity index (χ1) is 36.0. The Bertz CT molecular complexity index is 2440. The van der Waals surface area contributed by atoms with Gasteiger partial charge < -0.3 is 77.8 Å². The second kappa shape index (κ2) is 26.8. The van der Waals surface area contributed by atoms with Gasteiger partial charge in [0.2, 0.25) is 5.43 Å². The van der Waals surface area contributed by atoms with E-state index in [0.29, 0.717) is 43.4 Å². The average molecular weight is 1090 g/mol. The number of pyridine rings is 1. The number of esters is 2. The highest BCUT2D eigenvalue weighted by molar-refractivity contribution is 5.93. The molecule has 20 heteroatoms. The van der Waals surface area contributed by atoms with Gasteiger partial charge >= 0.3 is 17.9 Å². The maximum atomic E-state index is 14.6. The molecule has 3 fully saturated rings. The number of aryl methyl sites for hydroxylation is 1. The molecule has 0 aliphatic carbocycles. The fraction of sp³-hybridized carbons (Fsp3) is 0.754. The first-order valence-electron chi connectivity index (χ1n) is 27.3. The third-order valence-electron chi connectivity index (χ3n) is 16.2. The Balaban J connectivity index is 1.34. The van der Waals surface area contributed by atoms with Gasteiger partial charge in [0, 0.05) is 68.2 Å². The van der Waals surface area contributed by atoms with Crippen molar-refractivity contribution in [2.24, 2.45) is 17.8 Å². The van der Waals surface area contributed by atoms with E-state index in [2.05, 4.69) is 12.0 Å². The minimum atomic E-state index is -1.87. The molecule has 0 saturated carbocycles. The summed E-state index contributed by atoms with van der Waals surface area (Å²) in [6.07, 6.45) is -4.28. The maximum absolute atomic E-state index is 14.6. The molecule has 0 spiro atoms. The summed E-state index contributed by atoms with van der Waals surface area (Å²) < 4.78 is 52.0. The van der Waals surface area contributed by atoms with E-state index in [-0.39, 0.29) is 61.3 Å². The first-order valence-corrected chi connectivity index (χ1v) is 27.3. The van der Waals surface area contributed by atoms with Crippen molar-refractivity contribution >= 4 is 28.8 Å². The van der Waals surface area contributed by atoms with Crippen LogP contribution in [0.1, 0.15) is 137 Å². The van der Waals surface area contributed by atoms with E-state index < -0.39 is 113 Å². The number of aromatic nitrogens is 1. The first kappa shape index (κ1) is 63.6. The Morgan fingerprint density at radius 3 is 2.26 bits per heavy atom. The maximum Gasteiger partial charge on any atom is 0.341 e. The zero-order valence-corrected chi connectivity index (χ0v) is 48.0. The minimum absolute atomic E-state index is 0.0318. The molecule has 18 atom stereocenters. The van der Waals surface area contributed by atoms with Gasteiger partial charge in [-0.15, -0.1) is 0 Å². The van der Waals surface area contributed by atoms with Crippen molar-refractivity contribution in [1.29, 1.82) is 0 Å². The molecule has 5 N–H and O–H groups in total. The third-order valence-corrected chi connectivity index (χ3v) is 16.2. The lowest BCUT2D eigenvalue weighted by molar-refractivity contribution is -0.318. The van der Waals surface area contributed by atoms with E-state index in [1.807, 2.05) is 51.7 Å². The van der Waals surface area contributed by atoms with Crippen molar-refractivity contribution < 1.29 is 77.8 Å². The predicted molar refractivity (Wildman–Crippen MR) is 286 cm³/mol. The Hall–Kier alpha value is -4.24. The number of benzene rings is 1. The van der Waals surface area contributed by atoms with Crippen molar-refractivity contribution in [2.75, 3.05) is 41.4 Å². The molecule has 0 bridgehead atoms. The highest BCUT2D eigenvalue weighted by Gasteiger charge is 2.54. The summed E-state index contributed by atoms with van der Waals surface area (Å²) in [7, 11) is 7.06. The van der Waals surface area contributed by atoms with Gasteiger partial charge in [-0.3, -0.25) is 14.4 Å².